The van der Waals surface area contributed by atoms with Crippen molar-refractivity contribution >= 4 is 11.7 Å². The van der Waals surface area contributed by atoms with Crippen molar-refractivity contribution in [3.8, 4) is 5.88 Å². The zero-order valence-electron chi connectivity index (χ0n) is 17.1. The summed E-state index contributed by atoms with van der Waals surface area (Å²) < 4.78 is 16.6. The molecule has 2 aromatic heterocycles. The number of hydrogen-bond donors (Lipinski definition) is 1. The Morgan fingerprint density at radius 1 is 1.07 bits per heavy atom. The Hall–Kier alpha value is -2.71. The van der Waals surface area contributed by atoms with Crippen molar-refractivity contribution in [3.63, 3.8) is 0 Å². The summed E-state index contributed by atoms with van der Waals surface area (Å²) in [5.41, 5.74) is 1.54. The number of rotatable bonds is 7. The summed E-state index contributed by atoms with van der Waals surface area (Å²) >= 11 is 0. The molecule has 2 saturated heterocycles. The number of nitrogens with zero attached hydrogens (tertiary/aromatic N) is 3. The molecule has 4 heterocycles. The van der Waals surface area contributed by atoms with E-state index < -0.39 is 0 Å². The van der Waals surface area contributed by atoms with Gasteiger partial charge in [-0.25, -0.2) is 9.97 Å². The molecule has 30 heavy (non-hydrogen) atoms. The molecular formula is C22H28N4O4. The quantitative estimate of drug-likeness (QED) is 0.745. The van der Waals surface area contributed by atoms with Crippen LogP contribution in [0.15, 0.2) is 36.7 Å². The predicted octanol–water partition coefficient (Wildman–Crippen LogP) is 2.05. The van der Waals surface area contributed by atoms with Crippen LogP contribution in [0.2, 0.25) is 0 Å². The lowest BCUT2D eigenvalue weighted by atomic mass is 10.0. The molecule has 2 aliphatic rings. The summed E-state index contributed by atoms with van der Waals surface area (Å²) in [5.74, 6) is 1.72. The van der Waals surface area contributed by atoms with E-state index >= 15 is 0 Å². The van der Waals surface area contributed by atoms with Crippen molar-refractivity contribution in [2.75, 3.05) is 51.0 Å². The van der Waals surface area contributed by atoms with Crippen molar-refractivity contribution in [1.82, 2.24) is 15.3 Å². The molecular weight excluding hydrogens is 384 g/mol. The highest BCUT2D eigenvalue weighted by molar-refractivity contribution is 5.94. The summed E-state index contributed by atoms with van der Waals surface area (Å²) in [7, 11) is 0. The number of ether oxygens (including phenoxy) is 3. The van der Waals surface area contributed by atoms with Crippen LogP contribution in [0.3, 0.4) is 0 Å². The topological polar surface area (TPSA) is 85.8 Å². The molecule has 2 fully saturated rings. The van der Waals surface area contributed by atoms with Crippen LogP contribution >= 0.6 is 0 Å². The zero-order valence-corrected chi connectivity index (χ0v) is 17.1. The van der Waals surface area contributed by atoms with Crippen LogP contribution in [0.1, 0.15) is 28.8 Å². The number of carbonyl (C=O) groups is 1. The SMILES string of the molecule is O=C(NCc1ccnc(N2CCOCC2)c1)c1ccnc(OCC2CCOCC2)c1. The summed E-state index contributed by atoms with van der Waals surface area (Å²) in [6.45, 7) is 5.68. The van der Waals surface area contributed by atoms with E-state index in [1.807, 2.05) is 12.1 Å². The molecule has 0 bridgehead atoms. The highest BCUT2D eigenvalue weighted by atomic mass is 16.5. The second kappa shape index (κ2) is 10.4. The fourth-order valence-corrected chi connectivity index (χ4v) is 3.57. The van der Waals surface area contributed by atoms with Gasteiger partial charge in [-0.1, -0.05) is 0 Å². The normalized spacial score (nSPS) is 17.5. The van der Waals surface area contributed by atoms with E-state index in [1.165, 1.54) is 0 Å². The second-order valence-corrected chi connectivity index (χ2v) is 7.55. The fraction of sp³-hybridized carbons (Fsp3) is 0.500. The number of anilines is 1. The Bertz CT molecular complexity index is 835. The van der Waals surface area contributed by atoms with E-state index in [1.54, 1.807) is 24.5 Å². The monoisotopic (exact) mass is 412 g/mol. The van der Waals surface area contributed by atoms with E-state index in [2.05, 4.69) is 20.2 Å². The highest BCUT2D eigenvalue weighted by Gasteiger charge is 2.16. The minimum Gasteiger partial charge on any atom is -0.477 e. The molecule has 1 N–H and O–H groups in total. The van der Waals surface area contributed by atoms with Gasteiger partial charge in [0.15, 0.2) is 0 Å². The molecule has 0 unspecified atom stereocenters. The first-order chi connectivity index (χ1) is 14.8. The van der Waals surface area contributed by atoms with Gasteiger partial charge >= 0.3 is 0 Å². The number of nitrogens with one attached hydrogen (secondary N) is 1. The van der Waals surface area contributed by atoms with Gasteiger partial charge in [-0.3, -0.25) is 4.79 Å². The first-order valence-electron chi connectivity index (χ1n) is 10.5. The third-order valence-corrected chi connectivity index (χ3v) is 5.40. The lowest BCUT2D eigenvalue weighted by Gasteiger charge is -2.28. The number of morpholine rings is 1. The molecule has 1 amide bonds. The van der Waals surface area contributed by atoms with Gasteiger partial charge in [0.25, 0.3) is 5.91 Å². The maximum Gasteiger partial charge on any atom is 0.251 e. The smallest absolute Gasteiger partial charge is 0.251 e. The minimum absolute atomic E-state index is 0.155. The van der Waals surface area contributed by atoms with E-state index in [9.17, 15) is 4.79 Å². The second-order valence-electron chi connectivity index (χ2n) is 7.55. The van der Waals surface area contributed by atoms with Crippen molar-refractivity contribution in [2.24, 2.45) is 5.92 Å². The lowest BCUT2D eigenvalue weighted by molar-refractivity contribution is 0.0490. The molecule has 8 nitrogen and oxygen atoms in total. The predicted molar refractivity (Wildman–Crippen MR) is 112 cm³/mol. The van der Waals surface area contributed by atoms with Gasteiger partial charge < -0.3 is 24.4 Å². The minimum atomic E-state index is -0.155. The first kappa shape index (κ1) is 20.6. The molecule has 0 aliphatic carbocycles. The van der Waals surface area contributed by atoms with Gasteiger partial charge in [-0.15, -0.1) is 0 Å². The largest absolute Gasteiger partial charge is 0.477 e. The zero-order chi connectivity index (χ0) is 20.6. The Morgan fingerprint density at radius 3 is 2.67 bits per heavy atom. The number of amides is 1. The van der Waals surface area contributed by atoms with Crippen molar-refractivity contribution in [2.45, 2.75) is 19.4 Å². The standard InChI is InChI=1S/C22H28N4O4/c27-22(19-2-6-24-21(14-19)30-16-17-3-9-28-10-4-17)25-15-18-1-5-23-20(13-18)26-7-11-29-12-8-26/h1-2,5-6,13-14,17H,3-4,7-12,15-16H2,(H,25,27). The fourth-order valence-electron chi connectivity index (χ4n) is 3.57. The third-order valence-electron chi connectivity index (χ3n) is 5.40. The van der Waals surface area contributed by atoms with Crippen LogP contribution in [-0.2, 0) is 16.0 Å². The number of aromatic nitrogens is 2. The summed E-state index contributed by atoms with van der Waals surface area (Å²) in [6.07, 6.45) is 5.38. The van der Waals surface area contributed by atoms with Crippen molar-refractivity contribution in [3.05, 3.63) is 47.8 Å². The maximum absolute atomic E-state index is 12.6. The highest BCUT2D eigenvalue weighted by Crippen LogP contribution is 2.18. The van der Waals surface area contributed by atoms with E-state index in [-0.39, 0.29) is 5.91 Å². The maximum atomic E-state index is 12.6. The van der Waals surface area contributed by atoms with Crippen molar-refractivity contribution in [1.29, 1.82) is 0 Å². The third kappa shape index (κ3) is 5.67. The van der Waals surface area contributed by atoms with Gasteiger partial charge in [0.05, 0.1) is 19.8 Å². The molecule has 0 atom stereocenters. The first-order valence-corrected chi connectivity index (χ1v) is 10.5. The Labute approximate surface area is 176 Å². The molecule has 0 spiro atoms. The molecule has 0 saturated carbocycles. The molecule has 0 radical (unpaired) electrons. The van der Waals surface area contributed by atoms with Crippen LogP contribution in [0.4, 0.5) is 5.82 Å². The molecule has 0 aromatic carbocycles. The Kier molecular flexibility index (Phi) is 7.10. The van der Waals surface area contributed by atoms with Gasteiger partial charge in [-0.2, -0.15) is 0 Å². The molecule has 2 aliphatic heterocycles. The number of pyridine rings is 2. The van der Waals surface area contributed by atoms with Crippen LogP contribution in [0.5, 0.6) is 5.88 Å². The summed E-state index contributed by atoms with van der Waals surface area (Å²) in [4.78, 5) is 23.5. The van der Waals surface area contributed by atoms with E-state index in [4.69, 9.17) is 14.2 Å². The summed E-state index contributed by atoms with van der Waals surface area (Å²) in [5, 5.41) is 2.97. The van der Waals surface area contributed by atoms with Crippen molar-refractivity contribution < 1.29 is 19.0 Å². The van der Waals surface area contributed by atoms with Gasteiger partial charge in [0.2, 0.25) is 5.88 Å². The summed E-state index contributed by atoms with van der Waals surface area (Å²) in [6, 6.07) is 7.32. The molecule has 4 rings (SSSR count). The van der Waals surface area contributed by atoms with E-state index in [0.29, 0.717) is 43.7 Å². The number of hydrogen-bond acceptors (Lipinski definition) is 7. The average molecular weight is 412 g/mol. The number of carbonyl (C=O) groups excluding carboxylic acids is 1. The Morgan fingerprint density at radius 2 is 1.83 bits per heavy atom. The molecule has 2 aromatic rings. The molecule has 160 valence electrons. The van der Waals surface area contributed by atoms with Crippen LogP contribution in [0, 0.1) is 5.92 Å². The van der Waals surface area contributed by atoms with E-state index in [0.717, 1.165) is 50.5 Å². The van der Waals surface area contributed by atoms with Gasteiger partial charge in [-0.05, 0) is 42.5 Å². The van der Waals surface area contributed by atoms with Gasteiger partial charge in [0.1, 0.15) is 5.82 Å². The van der Waals surface area contributed by atoms with Gasteiger partial charge in [0, 0.05) is 56.9 Å². The lowest BCUT2D eigenvalue weighted by Crippen LogP contribution is -2.36. The Balaban J connectivity index is 1.30. The van der Waals surface area contributed by atoms with Crippen LogP contribution < -0.4 is 15.0 Å². The van der Waals surface area contributed by atoms with Crippen LogP contribution in [0.25, 0.3) is 0 Å². The van der Waals surface area contributed by atoms with Crippen LogP contribution in [-0.4, -0.2) is 62.0 Å². The molecule has 8 heteroatoms. The average Bonchev–Trinajstić information content (AvgIpc) is 2.83.